The van der Waals surface area contributed by atoms with E-state index in [9.17, 15) is 14.0 Å². The van der Waals surface area contributed by atoms with Gasteiger partial charge in [0.1, 0.15) is 17.0 Å². The lowest BCUT2D eigenvalue weighted by Gasteiger charge is -2.20. The average Bonchev–Trinajstić information content (AvgIpc) is 3.19. The molecule has 4 rings (SSSR count). The van der Waals surface area contributed by atoms with Gasteiger partial charge in [-0.25, -0.2) is 18.7 Å². The number of carbonyl (C=O) groups excluding carboxylic acids is 2. The van der Waals surface area contributed by atoms with E-state index in [-0.39, 0.29) is 16.9 Å². The highest BCUT2D eigenvalue weighted by atomic mass is 19.1. The lowest BCUT2D eigenvalue weighted by molar-refractivity contribution is 0.0635. The molecule has 0 aliphatic rings. The predicted octanol–water partition coefficient (Wildman–Crippen LogP) is 5.13. The van der Waals surface area contributed by atoms with Gasteiger partial charge in [-0.15, -0.1) is 0 Å². The number of rotatable bonds is 4. The Balaban J connectivity index is 1.63. The number of benzene rings is 2. The van der Waals surface area contributed by atoms with Gasteiger partial charge in [0.05, 0.1) is 23.3 Å². The van der Waals surface area contributed by atoms with Gasteiger partial charge in [-0.2, -0.15) is 5.10 Å². The van der Waals surface area contributed by atoms with E-state index in [1.165, 1.54) is 18.3 Å². The summed E-state index contributed by atoms with van der Waals surface area (Å²) >= 11 is 0. The Labute approximate surface area is 189 Å². The number of fused-ring (bicyclic) bond motifs is 1. The Bertz CT molecular complexity index is 1330. The Hall–Kier alpha value is -4.27. The smallest absolute Gasteiger partial charge is 0.412 e. The van der Waals surface area contributed by atoms with Gasteiger partial charge in [0.2, 0.25) is 0 Å². The number of nitrogens with zero attached hydrogens (tertiary/aromatic N) is 3. The minimum absolute atomic E-state index is 0.0735. The summed E-state index contributed by atoms with van der Waals surface area (Å²) in [5.74, 6) is -1.13. The molecule has 0 radical (unpaired) electrons. The zero-order valence-electron chi connectivity index (χ0n) is 18.3. The van der Waals surface area contributed by atoms with E-state index in [0.29, 0.717) is 5.65 Å². The highest BCUT2D eigenvalue weighted by molar-refractivity contribution is 6.10. The second kappa shape index (κ2) is 8.70. The van der Waals surface area contributed by atoms with Crippen molar-refractivity contribution >= 4 is 29.0 Å². The summed E-state index contributed by atoms with van der Waals surface area (Å²) in [4.78, 5) is 29.5. The number of aromatic nitrogens is 3. The number of halogens is 1. The molecule has 2 heterocycles. The molecular weight excluding hydrogens is 425 g/mol. The van der Waals surface area contributed by atoms with E-state index < -0.39 is 23.4 Å². The third kappa shape index (κ3) is 4.98. The topological polar surface area (TPSA) is 97.6 Å². The molecule has 33 heavy (non-hydrogen) atoms. The lowest BCUT2D eigenvalue weighted by atomic mass is 10.1. The lowest BCUT2D eigenvalue weighted by Crippen LogP contribution is -2.27. The van der Waals surface area contributed by atoms with Crippen LogP contribution in [0, 0.1) is 5.82 Å². The molecule has 0 aliphatic carbocycles. The van der Waals surface area contributed by atoms with Crippen molar-refractivity contribution in [2.45, 2.75) is 26.4 Å². The third-order valence-corrected chi connectivity index (χ3v) is 4.58. The van der Waals surface area contributed by atoms with Crippen molar-refractivity contribution in [1.82, 2.24) is 14.6 Å². The first-order valence-corrected chi connectivity index (χ1v) is 10.2. The molecule has 0 aliphatic heterocycles. The Morgan fingerprint density at radius 1 is 1.00 bits per heavy atom. The van der Waals surface area contributed by atoms with Crippen LogP contribution in [0.25, 0.3) is 16.9 Å². The highest BCUT2D eigenvalue weighted by Gasteiger charge is 2.20. The van der Waals surface area contributed by atoms with Crippen LogP contribution >= 0.6 is 0 Å². The van der Waals surface area contributed by atoms with Crippen molar-refractivity contribution in [3.05, 3.63) is 78.4 Å². The average molecular weight is 447 g/mol. The molecule has 2 aromatic carbocycles. The fourth-order valence-corrected chi connectivity index (χ4v) is 3.21. The number of carbonyl (C=O) groups is 2. The number of anilines is 2. The van der Waals surface area contributed by atoms with Crippen LogP contribution in [0.1, 0.15) is 31.1 Å². The van der Waals surface area contributed by atoms with Crippen molar-refractivity contribution in [2.75, 3.05) is 10.6 Å². The molecule has 2 amide bonds. The monoisotopic (exact) mass is 447 g/mol. The molecule has 0 atom stereocenters. The maximum atomic E-state index is 13.9. The van der Waals surface area contributed by atoms with Crippen molar-refractivity contribution in [3.8, 4) is 11.3 Å². The van der Waals surface area contributed by atoms with Crippen molar-refractivity contribution < 1.29 is 18.7 Å². The number of hydrogen-bond acceptors (Lipinski definition) is 5. The van der Waals surface area contributed by atoms with Gasteiger partial charge in [-0.1, -0.05) is 30.3 Å². The Morgan fingerprint density at radius 2 is 1.76 bits per heavy atom. The van der Waals surface area contributed by atoms with Gasteiger partial charge in [-0.3, -0.25) is 10.1 Å². The van der Waals surface area contributed by atoms with Gasteiger partial charge in [0.15, 0.2) is 5.65 Å². The zero-order chi connectivity index (χ0) is 23.6. The third-order valence-electron chi connectivity index (χ3n) is 4.58. The van der Waals surface area contributed by atoms with Crippen LogP contribution in [-0.4, -0.2) is 32.2 Å². The summed E-state index contributed by atoms with van der Waals surface area (Å²) in [6.45, 7) is 5.17. The van der Waals surface area contributed by atoms with E-state index in [1.54, 1.807) is 37.5 Å². The van der Waals surface area contributed by atoms with Crippen LogP contribution in [0.4, 0.5) is 20.6 Å². The van der Waals surface area contributed by atoms with E-state index in [1.807, 2.05) is 30.3 Å². The molecule has 0 fully saturated rings. The minimum atomic E-state index is -0.727. The highest BCUT2D eigenvalue weighted by Crippen LogP contribution is 2.26. The van der Waals surface area contributed by atoms with Crippen LogP contribution in [-0.2, 0) is 4.74 Å². The molecule has 0 spiro atoms. The number of ether oxygens (including phenoxy) is 1. The van der Waals surface area contributed by atoms with Crippen molar-refractivity contribution in [1.29, 1.82) is 0 Å². The molecule has 168 valence electrons. The Kier molecular flexibility index (Phi) is 5.78. The first kappa shape index (κ1) is 21.9. The van der Waals surface area contributed by atoms with Gasteiger partial charge >= 0.3 is 6.09 Å². The molecular formula is C24H22FN5O3. The second-order valence-corrected chi connectivity index (χ2v) is 8.26. The van der Waals surface area contributed by atoms with Crippen LogP contribution in [0.3, 0.4) is 0 Å². The van der Waals surface area contributed by atoms with Crippen LogP contribution in [0.5, 0.6) is 0 Å². The summed E-state index contributed by atoms with van der Waals surface area (Å²) in [5.41, 5.74) is 1.75. The molecule has 0 saturated heterocycles. The quantitative estimate of drug-likeness (QED) is 0.452. The standard InChI is InChI=1S/C24H22FN5O3/c1-24(2,3)33-23(32)29-18-10-9-16(25)13-19(18)28-22(31)17-14-27-30-20(11-12-26-21(17)30)15-7-5-4-6-8-15/h4-14H,1-3H3,(H,28,31)(H,29,32). The summed E-state index contributed by atoms with van der Waals surface area (Å²) in [6, 6.07) is 15.0. The van der Waals surface area contributed by atoms with Gasteiger partial charge in [0.25, 0.3) is 5.91 Å². The first-order chi connectivity index (χ1) is 15.7. The number of nitrogens with one attached hydrogen (secondary N) is 2. The van der Waals surface area contributed by atoms with E-state index in [4.69, 9.17) is 4.74 Å². The Morgan fingerprint density at radius 3 is 2.48 bits per heavy atom. The summed E-state index contributed by atoms with van der Waals surface area (Å²) in [5, 5.41) is 9.48. The zero-order valence-corrected chi connectivity index (χ0v) is 18.3. The molecule has 0 unspecified atom stereocenters. The summed E-state index contributed by atoms with van der Waals surface area (Å²) < 4.78 is 20.7. The molecule has 8 nitrogen and oxygen atoms in total. The van der Waals surface area contributed by atoms with E-state index in [2.05, 4.69) is 20.7 Å². The van der Waals surface area contributed by atoms with E-state index in [0.717, 1.165) is 17.3 Å². The van der Waals surface area contributed by atoms with Gasteiger partial charge in [-0.05, 0) is 45.0 Å². The van der Waals surface area contributed by atoms with Crippen LogP contribution in [0.2, 0.25) is 0 Å². The normalized spacial score (nSPS) is 11.3. The largest absolute Gasteiger partial charge is 0.444 e. The van der Waals surface area contributed by atoms with Gasteiger partial charge in [0, 0.05) is 11.8 Å². The molecule has 2 N–H and O–H groups in total. The molecule has 0 bridgehead atoms. The van der Waals surface area contributed by atoms with Gasteiger partial charge < -0.3 is 10.1 Å². The number of amides is 2. The maximum Gasteiger partial charge on any atom is 0.412 e. The first-order valence-electron chi connectivity index (χ1n) is 10.2. The molecule has 0 saturated carbocycles. The summed E-state index contributed by atoms with van der Waals surface area (Å²) in [6.07, 6.45) is 2.26. The fourth-order valence-electron chi connectivity index (χ4n) is 3.21. The summed E-state index contributed by atoms with van der Waals surface area (Å²) in [7, 11) is 0. The second-order valence-electron chi connectivity index (χ2n) is 8.26. The number of hydrogen-bond donors (Lipinski definition) is 2. The van der Waals surface area contributed by atoms with Crippen LogP contribution in [0.15, 0.2) is 67.0 Å². The van der Waals surface area contributed by atoms with Crippen molar-refractivity contribution in [3.63, 3.8) is 0 Å². The fraction of sp³-hybridized carbons (Fsp3) is 0.167. The predicted molar refractivity (Wildman–Crippen MR) is 123 cm³/mol. The molecule has 4 aromatic rings. The van der Waals surface area contributed by atoms with Crippen molar-refractivity contribution in [2.24, 2.45) is 0 Å². The van der Waals surface area contributed by atoms with E-state index >= 15 is 0 Å². The SMILES string of the molecule is CC(C)(C)OC(=O)Nc1ccc(F)cc1NC(=O)c1cnn2c(-c3ccccc3)ccnc12. The molecule has 2 aromatic heterocycles. The molecule has 9 heteroatoms. The van der Waals surface area contributed by atoms with Crippen LogP contribution < -0.4 is 10.6 Å². The maximum absolute atomic E-state index is 13.9. The minimum Gasteiger partial charge on any atom is -0.444 e.